The quantitative estimate of drug-likeness (QED) is 0.677. The van der Waals surface area contributed by atoms with Crippen molar-refractivity contribution < 1.29 is 13.6 Å². The lowest BCUT2D eigenvalue weighted by atomic mass is 10.1. The summed E-state index contributed by atoms with van der Waals surface area (Å²) >= 11 is 0. The highest BCUT2D eigenvalue weighted by molar-refractivity contribution is 5.91. The SMILES string of the molecule is C#CCn1nc(-c2cc(F)ccc2F)c(C=O)c1N. The fraction of sp³-hybridized carbons (Fsp3) is 0.0769. The number of nitrogens with two attached hydrogens (primary N) is 1. The second-order valence-electron chi connectivity index (χ2n) is 3.75. The highest BCUT2D eigenvalue weighted by atomic mass is 19.1. The lowest BCUT2D eigenvalue weighted by Gasteiger charge is -2.00. The minimum atomic E-state index is -0.699. The van der Waals surface area contributed by atoms with Gasteiger partial charge in [-0.1, -0.05) is 5.92 Å². The van der Waals surface area contributed by atoms with Crippen LogP contribution in [-0.4, -0.2) is 16.1 Å². The summed E-state index contributed by atoms with van der Waals surface area (Å²) in [5, 5.41) is 3.95. The monoisotopic (exact) mass is 261 g/mol. The number of hydrogen-bond acceptors (Lipinski definition) is 3. The Balaban J connectivity index is 2.68. The van der Waals surface area contributed by atoms with E-state index in [0.717, 1.165) is 18.2 Å². The minimum Gasteiger partial charge on any atom is -0.383 e. The molecule has 0 atom stereocenters. The molecule has 0 aliphatic rings. The molecule has 0 saturated heterocycles. The Hall–Kier alpha value is -2.68. The summed E-state index contributed by atoms with van der Waals surface area (Å²) in [6.45, 7) is 0.0314. The normalized spacial score (nSPS) is 10.2. The van der Waals surface area contributed by atoms with Crippen LogP contribution in [0.25, 0.3) is 11.3 Å². The van der Waals surface area contributed by atoms with Crippen molar-refractivity contribution in [3.63, 3.8) is 0 Å². The molecule has 6 heteroatoms. The molecule has 4 nitrogen and oxygen atoms in total. The maximum atomic E-state index is 13.7. The van der Waals surface area contributed by atoms with E-state index in [0.29, 0.717) is 6.29 Å². The number of halogens is 2. The van der Waals surface area contributed by atoms with Gasteiger partial charge in [-0.05, 0) is 18.2 Å². The van der Waals surface area contributed by atoms with Gasteiger partial charge in [0.25, 0.3) is 0 Å². The number of benzene rings is 1. The average molecular weight is 261 g/mol. The topological polar surface area (TPSA) is 60.9 Å². The number of terminal acetylenes is 1. The third kappa shape index (κ3) is 2.18. The number of carbonyl (C=O) groups is 1. The third-order valence-corrected chi connectivity index (χ3v) is 2.57. The Morgan fingerprint density at radius 1 is 1.47 bits per heavy atom. The molecule has 0 radical (unpaired) electrons. The standard InChI is InChI=1S/C13H9F2N3O/c1-2-5-18-13(16)10(7-19)12(17-18)9-6-8(14)3-4-11(9)15/h1,3-4,6-7H,5,16H2. The van der Waals surface area contributed by atoms with Crippen molar-refractivity contribution in [2.75, 3.05) is 5.73 Å². The Kier molecular flexibility index (Phi) is 3.29. The summed E-state index contributed by atoms with van der Waals surface area (Å²) < 4.78 is 28.0. The maximum absolute atomic E-state index is 13.7. The predicted molar refractivity (Wildman–Crippen MR) is 66.2 cm³/mol. The molecule has 0 bridgehead atoms. The highest BCUT2D eigenvalue weighted by Crippen LogP contribution is 2.28. The molecule has 1 aromatic carbocycles. The summed E-state index contributed by atoms with van der Waals surface area (Å²) in [4.78, 5) is 11.0. The summed E-state index contributed by atoms with van der Waals surface area (Å²) in [6.07, 6.45) is 5.57. The van der Waals surface area contributed by atoms with Gasteiger partial charge in [-0.25, -0.2) is 13.5 Å². The molecule has 0 fully saturated rings. The Bertz CT molecular complexity index is 686. The van der Waals surface area contributed by atoms with Crippen LogP contribution in [0.2, 0.25) is 0 Å². The third-order valence-electron chi connectivity index (χ3n) is 2.57. The first-order valence-electron chi connectivity index (χ1n) is 5.28. The van der Waals surface area contributed by atoms with Crippen LogP contribution in [0, 0.1) is 24.0 Å². The lowest BCUT2D eigenvalue weighted by Crippen LogP contribution is -2.03. The fourth-order valence-electron chi connectivity index (χ4n) is 1.69. The molecule has 19 heavy (non-hydrogen) atoms. The number of aldehydes is 1. The van der Waals surface area contributed by atoms with Gasteiger partial charge in [0.05, 0.1) is 5.56 Å². The summed E-state index contributed by atoms with van der Waals surface area (Å²) in [5.41, 5.74) is 5.51. The number of nitrogen functional groups attached to an aromatic ring is 1. The highest BCUT2D eigenvalue weighted by Gasteiger charge is 2.19. The van der Waals surface area contributed by atoms with Crippen LogP contribution in [0.4, 0.5) is 14.6 Å². The van der Waals surface area contributed by atoms with E-state index in [9.17, 15) is 13.6 Å². The lowest BCUT2D eigenvalue weighted by molar-refractivity contribution is 0.112. The molecule has 2 aromatic rings. The van der Waals surface area contributed by atoms with Gasteiger partial charge in [-0.15, -0.1) is 6.42 Å². The van der Waals surface area contributed by atoms with Gasteiger partial charge < -0.3 is 5.73 Å². The zero-order valence-electron chi connectivity index (χ0n) is 9.73. The molecule has 0 unspecified atom stereocenters. The second-order valence-corrected chi connectivity index (χ2v) is 3.75. The van der Waals surface area contributed by atoms with Crippen molar-refractivity contribution in [1.82, 2.24) is 9.78 Å². The van der Waals surface area contributed by atoms with Gasteiger partial charge in [-0.2, -0.15) is 5.10 Å². The molecule has 0 aliphatic carbocycles. The van der Waals surface area contributed by atoms with Gasteiger partial charge in [0.15, 0.2) is 6.29 Å². The van der Waals surface area contributed by atoms with E-state index in [4.69, 9.17) is 12.2 Å². The molecule has 2 N–H and O–H groups in total. The van der Waals surface area contributed by atoms with E-state index >= 15 is 0 Å². The number of aromatic nitrogens is 2. The van der Waals surface area contributed by atoms with E-state index in [1.54, 1.807) is 0 Å². The summed E-state index contributed by atoms with van der Waals surface area (Å²) in [7, 11) is 0. The zero-order valence-corrected chi connectivity index (χ0v) is 9.73. The second kappa shape index (κ2) is 4.90. The zero-order chi connectivity index (χ0) is 14.0. The predicted octanol–water partition coefficient (Wildman–Crippen LogP) is 1.86. The van der Waals surface area contributed by atoms with E-state index in [1.807, 2.05) is 0 Å². The fourth-order valence-corrected chi connectivity index (χ4v) is 1.69. The van der Waals surface area contributed by atoms with Crippen LogP contribution in [0.1, 0.15) is 10.4 Å². The molecule has 0 saturated carbocycles. The Morgan fingerprint density at radius 3 is 2.84 bits per heavy atom. The molecule has 0 spiro atoms. The molecule has 0 aliphatic heterocycles. The number of hydrogen-bond donors (Lipinski definition) is 1. The number of anilines is 1. The minimum absolute atomic E-state index is 0.0141. The molecule has 1 heterocycles. The van der Waals surface area contributed by atoms with Crippen LogP contribution < -0.4 is 5.73 Å². The number of nitrogens with zero attached hydrogens (tertiary/aromatic N) is 2. The van der Waals surface area contributed by atoms with E-state index in [1.165, 1.54) is 4.68 Å². The van der Waals surface area contributed by atoms with Gasteiger partial charge in [0.1, 0.15) is 29.7 Å². The average Bonchev–Trinajstić information content (AvgIpc) is 2.70. The first-order chi connectivity index (χ1) is 9.08. The molecule has 1 aromatic heterocycles. The first kappa shape index (κ1) is 12.8. The van der Waals surface area contributed by atoms with Gasteiger partial charge >= 0.3 is 0 Å². The van der Waals surface area contributed by atoms with Crippen LogP contribution >= 0.6 is 0 Å². The van der Waals surface area contributed by atoms with Gasteiger partial charge in [-0.3, -0.25) is 4.79 Å². The summed E-state index contributed by atoms with van der Waals surface area (Å²) in [5.74, 6) is 0.984. The van der Waals surface area contributed by atoms with Crippen molar-refractivity contribution in [2.24, 2.45) is 0 Å². The number of rotatable bonds is 3. The van der Waals surface area contributed by atoms with Crippen molar-refractivity contribution >= 4 is 12.1 Å². The van der Waals surface area contributed by atoms with Crippen LogP contribution in [-0.2, 0) is 6.54 Å². The van der Waals surface area contributed by atoms with Gasteiger partial charge in [0, 0.05) is 5.56 Å². The van der Waals surface area contributed by atoms with Gasteiger partial charge in [0.2, 0.25) is 0 Å². The van der Waals surface area contributed by atoms with Crippen molar-refractivity contribution in [3.8, 4) is 23.6 Å². The molecule has 2 rings (SSSR count). The molecular weight excluding hydrogens is 252 g/mol. The molecule has 0 amide bonds. The van der Waals surface area contributed by atoms with Crippen molar-refractivity contribution in [3.05, 3.63) is 35.4 Å². The summed E-state index contributed by atoms with van der Waals surface area (Å²) in [6, 6.07) is 2.88. The molecule has 96 valence electrons. The first-order valence-corrected chi connectivity index (χ1v) is 5.28. The van der Waals surface area contributed by atoms with E-state index in [2.05, 4.69) is 11.0 Å². The Labute approximate surface area is 107 Å². The largest absolute Gasteiger partial charge is 0.383 e. The van der Waals surface area contributed by atoms with Crippen LogP contribution in [0.3, 0.4) is 0 Å². The van der Waals surface area contributed by atoms with Crippen molar-refractivity contribution in [1.29, 1.82) is 0 Å². The molecular formula is C13H9F2N3O. The van der Waals surface area contributed by atoms with E-state index < -0.39 is 11.6 Å². The maximum Gasteiger partial charge on any atom is 0.156 e. The Morgan fingerprint density at radius 2 is 2.21 bits per heavy atom. The van der Waals surface area contributed by atoms with Crippen LogP contribution in [0.15, 0.2) is 18.2 Å². The van der Waals surface area contributed by atoms with E-state index in [-0.39, 0.29) is 29.2 Å². The van der Waals surface area contributed by atoms with Crippen molar-refractivity contribution in [2.45, 2.75) is 6.54 Å². The number of carbonyl (C=O) groups excluding carboxylic acids is 1. The van der Waals surface area contributed by atoms with Crippen LogP contribution in [0.5, 0.6) is 0 Å². The smallest absolute Gasteiger partial charge is 0.156 e.